The Morgan fingerprint density at radius 3 is 2.30 bits per heavy atom. The van der Waals surface area contributed by atoms with E-state index in [4.69, 9.17) is 0 Å². The van der Waals surface area contributed by atoms with E-state index in [1.165, 1.54) is 11.1 Å². The van der Waals surface area contributed by atoms with Gasteiger partial charge in [-0.1, -0.05) is 42.5 Å². The van der Waals surface area contributed by atoms with Gasteiger partial charge in [0.1, 0.15) is 0 Å². The lowest BCUT2D eigenvalue weighted by Crippen LogP contribution is -2.44. The summed E-state index contributed by atoms with van der Waals surface area (Å²) >= 11 is 0. The van der Waals surface area contributed by atoms with Crippen LogP contribution in [0.1, 0.15) is 36.8 Å². The van der Waals surface area contributed by atoms with Crippen molar-refractivity contribution in [3.05, 3.63) is 65.7 Å². The molecule has 1 fully saturated rings. The maximum absolute atomic E-state index is 12.6. The number of hydrogen-bond acceptors (Lipinski definition) is 4. The lowest BCUT2D eigenvalue weighted by Gasteiger charge is -2.30. The maximum atomic E-state index is 12.6. The van der Waals surface area contributed by atoms with Crippen LogP contribution in [0.2, 0.25) is 0 Å². The van der Waals surface area contributed by atoms with Crippen molar-refractivity contribution in [1.29, 1.82) is 0 Å². The third kappa shape index (κ3) is 6.00. The average molecular weight is 470 g/mol. The predicted octanol–water partition coefficient (Wildman–Crippen LogP) is 2.47. The normalized spacial score (nSPS) is 20.7. The number of amides is 2. The van der Waals surface area contributed by atoms with E-state index < -0.39 is 10.0 Å². The van der Waals surface area contributed by atoms with Crippen LogP contribution in [-0.2, 0) is 32.6 Å². The first-order valence-electron chi connectivity index (χ1n) is 11.6. The summed E-state index contributed by atoms with van der Waals surface area (Å²) in [5.74, 6) is -0.0459. The molecule has 0 bridgehead atoms. The number of hydrogen-bond donors (Lipinski definition) is 2. The molecular formula is C25H31N3O4S. The molecule has 1 aliphatic heterocycles. The van der Waals surface area contributed by atoms with Gasteiger partial charge in [-0.25, -0.2) is 13.1 Å². The van der Waals surface area contributed by atoms with E-state index in [1.807, 2.05) is 18.2 Å². The van der Waals surface area contributed by atoms with Crippen molar-refractivity contribution >= 4 is 21.8 Å². The van der Waals surface area contributed by atoms with Crippen LogP contribution < -0.4 is 10.0 Å². The molecule has 8 heteroatoms. The summed E-state index contributed by atoms with van der Waals surface area (Å²) in [6.07, 6.45) is 3.82. The number of fused-ring (bicyclic) bond motifs is 1. The van der Waals surface area contributed by atoms with Gasteiger partial charge in [0.05, 0.1) is 11.4 Å². The first kappa shape index (κ1) is 23.4. The zero-order valence-corrected chi connectivity index (χ0v) is 19.5. The molecule has 0 aromatic heterocycles. The third-order valence-corrected chi connectivity index (χ3v) is 8.17. The quantitative estimate of drug-likeness (QED) is 0.651. The number of nitrogens with one attached hydrogen (secondary N) is 2. The molecule has 2 aromatic carbocycles. The largest absolute Gasteiger partial charge is 0.347 e. The van der Waals surface area contributed by atoms with Crippen molar-refractivity contribution in [2.45, 2.75) is 43.5 Å². The van der Waals surface area contributed by atoms with Crippen molar-refractivity contribution in [2.24, 2.45) is 11.8 Å². The number of rotatable bonds is 7. The average Bonchev–Trinajstić information content (AvgIpc) is 2.86. The molecule has 1 heterocycles. The van der Waals surface area contributed by atoms with Gasteiger partial charge in [0.2, 0.25) is 21.8 Å². The van der Waals surface area contributed by atoms with Crippen LogP contribution in [0.25, 0.3) is 0 Å². The number of carbonyl (C=O) groups is 2. The molecule has 33 heavy (non-hydrogen) atoms. The second-order valence-corrected chi connectivity index (χ2v) is 10.7. The summed E-state index contributed by atoms with van der Waals surface area (Å²) < 4.78 is 27.5. The van der Waals surface area contributed by atoms with Crippen LogP contribution in [0.5, 0.6) is 0 Å². The Kier molecular flexibility index (Phi) is 7.45. The second-order valence-electron chi connectivity index (χ2n) is 8.93. The van der Waals surface area contributed by atoms with E-state index in [1.54, 1.807) is 35.2 Å². The number of carbonyl (C=O) groups excluding carboxylic acids is 2. The van der Waals surface area contributed by atoms with Crippen molar-refractivity contribution in [3.63, 3.8) is 0 Å². The molecule has 0 radical (unpaired) electrons. The third-order valence-electron chi connectivity index (χ3n) is 6.73. The van der Waals surface area contributed by atoms with Crippen molar-refractivity contribution in [2.75, 3.05) is 19.6 Å². The highest BCUT2D eigenvalue weighted by Gasteiger charge is 2.28. The predicted molar refractivity (Wildman–Crippen MR) is 126 cm³/mol. The van der Waals surface area contributed by atoms with Crippen LogP contribution in [0.4, 0.5) is 0 Å². The van der Waals surface area contributed by atoms with Crippen LogP contribution in [0.15, 0.2) is 59.5 Å². The SMILES string of the molecule is O=C(NCC(=O)N1CCc2ccccc2C1)C1CCC(CNS(=O)(=O)c2ccccc2)CC1. The highest BCUT2D eigenvalue weighted by atomic mass is 32.2. The summed E-state index contributed by atoms with van der Waals surface area (Å²) in [6.45, 7) is 1.67. The summed E-state index contributed by atoms with van der Waals surface area (Å²) in [7, 11) is -3.51. The maximum Gasteiger partial charge on any atom is 0.242 e. The smallest absolute Gasteiger partial charge is 0.242 e. The van der Waals surface area contributed by atoms with Crippen LogP contribution in [0, 0.1) is 11.8 Å². The molecule has 0 unspecified atom stereocenters. The fraction of sp³-hybridized carbons (Fsp3) is 0.440. The number of benzene rings is 2. The Hall–Kier alpha value is -2.71. The summed E-state index contributed by atoms with van der Waals surface area (Å²) in [5.41, 5.74) is 2.46. The van der Waals surface area contributed by atoms with E-state index in [0.717, 1.165) is 19.3 Å². The Morgan fingerprint density at radius 2 is 1.58 bits per heavy atom. The molecule has 2 aromatic rings. The van der Waals surface area contributed by atoms with Gasteiger partial charge in [-0.05, 0) is 61.3 Å². The molecular weight excluding hydrogens is 438 g/mol. The fourth-order valence-corrected chi connectivity index (χ4v) is 5.80. The van der Waals surface area contributed by atoms with Gasteiger partial charge in [-0.3, -0.25) is 9.59 Å². The molecule has 0 saturated heterocycles. The molecule has 7 nitrogen and oxygen atoms in total. The minimum atomic E-state index is -3.51. The minimum Gasteiger partial charge on any atom is -0.347 e. The molecule has 2 aliphatic rings. The van der Waals surface area contributed by atoms with Crippen LogP contribution >= 0.6 is 0 Å². The van der Waals surface area contributed by atoms with Gasteiger partial charge < -0.3 is 10.2 Å². The van der Waals surface area contributed by atoms with Gasteiger partial charge in [0.15, 0.2) is 0 Å². The van der Waals surface area contributed by atoms with Gasteiger partial charge in [0, 0.05) is 25.6 Å². The first-order chi connectivity index (χ1) is 15.9. The molecule has 2 amide bonds. The summed E-state index contributed by atoms with van der Waals surface area (Å²) in [4.78, 5) is 27.3. The monoisotopic (exact) mass is 469 g/mol. The molecule has 2 N–H and O–H groups in total. The van der Waals surface area contributed by atoms with Gasteiger partial charge >= 0.3 is 0 Å². The Labute approximate surface area is 195 Å². The van der Waals surface area contributed by atoms with E-state index >= 15 is 0 Å². The van der Waals surface area contributed by atoms with E-state index in [-0.39, 0.29) is 35.1 Å². The number of sulfonamides is 1. The minimum absolute atomic E-state index is 0.0256. The molecule has 4 rings (SSSR count). The van der Waals surface area contributed by atoms with Crippen molar-refractivity contribution in [3.8, 4) is 0 Å². The highest BCUT2D eigenvalue weighted by Crippen LogP contribution is 2.29. The topological polar surface area (TPSA) is 95.6 Å². The standard InChI is InChI=1S/C25H31N3O4S/c29-24(28-15-14-20-6-4-5-7-22(20)18-28)17-26-25(30)21-12-10-19(11-13-21)16-27-33(31,32)23-8-2-1-3-9-23/h1-9,19,21,27H,10-18H2,(H,26,30). The zero-order chi connectivity index (χ0) is 23.3. The molecule has 176 valence electrons. The Bertz CT molecular complexity index is 1080. The molecule has 0 spiro atoms. The fourth-order valence-electron chi connectivity index (χ4n) is 4.67. The van der Waals surface area contributed by atoms with Crippen molar-refractivity contribution < 1.29 is 18.0 Å². The van der Waals surface area contributed by atoms with E-state index in [2.05, 4.69) is 16.1 Å². The Balaban J connectivity index is 1.18. The van der Waals surface area contributed by atoms with Crippen molar-refractivity contribution in [1.82, 2.24) is 14.9 Å². The number of nitrogens with zero attached hydrogens (tertiary/aromatic N) is 1. The van der Waals surface area contributed by atoms with Crippen LogP contribution in [-0.4, -0.2) is 44.8 Å². The second kappa shape index (κ2) is 10.5. The van der Waals surface area contributed by atoms with Crippen LogP contribution in [0.3, 0.4) is 0 Å². The Morgan fingerprint density at radius 1 is 0.909 bits per heavy atom. The van der Waals surface area contributed by atoms with Gasteiger partial charge in [-0.2, -0.15) is 0 Å². The first-order valence-corrected chi connectivity index (χ1v) is 13.1. The summed E-state index contributed by atoms with van der Waals surface area (Å²) in [6, 6.07) is 16.5. The lowest BCUT2D eigenvalue weighted by molar-refractivity contribution is -0.135. The van der Waals surface area contributed by atoms with Gasteiger partial charge in [-0.15, -0.1) is 0 Å². The zero-order valence-electron chi connectivity index (χ0n) is 18.7. The molecule has 1 saturated carbocycles. The van der Waals surface area contributed by atoms with E-state index in [0.29, 0.717) is 32.5 Å². The highest BCUT2D eigenvalue weighted by molar-refractivity contribution is 7.89. The molecule has 0 atom stereocenters. The summed E-state index contributed by atoms with van der Waals surface area (Å²) in [5, 5.41) is 2.82. The van der Waals surface area contributed by atoms with E-state index in [9.17, 15) is 18.0 Å². The van der Waals surface area contributed by atoms with Gasteiger partial charge in [0.25, 0.3) is 0 Å². The molecule has 1 aliphatic carbocycles. The lowest BCUT2D eigenvalue weighted by atomic mass is 9.81.